The van der Waals surface area contributed by atoms with Gasteiger partial charge in [0.1, 0.15) is 5.75 Å². The Kier molecular flexibility index (Phi) is 3.02. The van der Waals surface area contributed by atoms with Crippen LogP contribution in [0, 0.1) is 6.92 Å². The topological polar surface area (TPSA) is 9.23 Å². The summed E-state index contributed by atoms with van der Waals surface area (Å²) < 4.78 is 27.6. The standard InChI is InChI=1S/C9H9F2O/c1-2-7-4-3-5-8(6-7)12-9(10)11/h3-6,9H,1-2H2. The van der Waals surface area contributed by atoms with Gasteiger partial charge in [0.2, 0.25) is 0 Å². The molecule has 1 aromatic rings. The monoisotopic (exact) mass is 171 g/mol. The van der Waals surface area contributed by atoms with Crippen molar-refractivity contribution in [3.63, 3.8) is 0 Å². The molecule has 0 heterocycles. The Hall–Kier alpha value is -1.12. The van der Waals surface area contributed by atoms with Crippen LogP contribution in [0.15, 0.2) is 24.3 Å². The molecule has 12 heavy (non-hydrogen) atoms. The molecule has 1 aromatic carbocycles. The fourth-order valence-electron chi connectivity index (χ4n) is 0.877. The lowest BCUT2D eigenvalue weighted by molar-refractivity contribution is -0.0498. The van der Waals surface area contributed by atoms with Crippen LogP contribution in [0.2, 0.25) is 0 Å². The molecule has 0 aliphatic carbocycles. The molecule has 0 atom stereocenters. The minimum atomic E-state index is -2.76. The van der Waals surface area contributed by atoms with Crippen molar-refractivity contribution in [2.24, 2.45) is 0 Å². The van der Waals surface area contributed by atoms with Crippen molar-refractivity contribution >= 4 is 0 Å². The van der Waals surface area contributed by atoms with Gasteiger partial charge in [-0.25, -0.2) is 0 Å². The van der Waals surface area contributed by atoms with Gasteiger partial charge in [-0.15, -0.1) is 0 Å². The molecule has 0 fully saturated rings. The molecule has 0 N–H and O–H groups in total. The fourth-order valence-corrected chi connectivity index (χ4v) is 0.877. The Morgan fingerprint density at radius 1 is 1.42 bits per heavy atom. The third-order valence-corrected chi connectivity index (χ3v) is 1.41. The number of rotatable bonds is 3. The molecule has 0 aliphatic heterocycles. The smallest absolute Gasteiger partial charge is 0.387 e. The van der Waals surface area contributed by atoms with E-state index in [4.69, 9.17) is 0 Å². The molecule has 0 bridgehead atoms. The molecule has 0 saturated heterocycles. The number of ether oxygens (including phenoxy) is 1. The Balaban J connectivity index is 2.72. The van der Waals surface area contributed by atoms with Crippen LogP contribution in [0.5, 0.6) is 5.75 Å². The molecule has 65 valence electrons. The second-order valence-electron chi connectivity index (χ2n) is 2.28. The number of alkyl halides is 2. The number of halogens is 2. The lowest BCUT2D eigenvalue weighted by Gasteiger charge is -2.04. The molecule has 1 rings (SSSR count). The zero-order valence-corrected chi connectivity index (χ0v) is 6.47. The molecule has 1 nitrogen and oxygen atoms in total. The third-order valence-electron chi connectivity index (χ3n) is 1.41. The fraction of sp³-hybridized carbons (Fsp3) is 0.222. The first-order valence-electron chi connectivity index (χ1n) is 3.55. The number of benzene rings is 1. The van der Waals surface area contributed by atoms with Crippen molar-refractivity contribution in [3.8, 4) is 5.75 Å². The van der Waals surface area contributed by atoms with Crippen molar-refractivity contribution in [1.82, 2.24) is 0 Å². The van der Waals surface area contributed by atoms with Gasteiger partial charge in [-0.3, -0.25) is 0 Å². The van der Waals surface area contributed by atoms with Crippen molar-refractivity contribution < 1.29 is 13.5 Å². The predicted molar refractivity (Wildman–Crippen MR) is 42.1 cm³/mol. The van der Waals surface area contributed by atoms with E-state index in [1.807, 2.05) is 6.07 Å². The molecule has 0 aromatic heterocycles. The van der Waals surface area contributed by atoms with E-state index < -0.39 is 6.61 Å². The van der Waals surface area contributed by atoms with Gasteiger partial charge in [0.05, 0.1) is 0 Å². The Morgan fingerprint density at radius 2 is 2.17 bits per heavy atom. The molecular formula is C9H9F2O. The van der Waals surface area contributed by atoms with Crippen molar-refractivity contribution in [3.05, 3.63) is 36.8 Å². The summed E-state index contributed by atoms with van der Waals surface area (Å²) in [5.41, 5.74) is 0.883. The van der Waals surface area contributed by atoms with Crippen LogP contribution in [0.25, 0.3) is 0 Å². The predicted octanol–water partition coefficient (Wildman–Crippen LogP) is 2.66. The molecule has 0 saturated carbocycles. The van der Waals surface area contributed by atoms with Gasteiger partial charge in [-0.05, 0) is 31.0 Å². The summed E-state index contributed by atoms with van der Waals surface area (Å²) in [7, 11) is 0. The Morgan fingerprint density at radius 3 is 2.75 bits per heavy atom. The second-order valence-corrected chi connectivity index (χ2v) is 2.28. The summed E-state index contributed by atoms with van der Waals surface area (Å²) >= 11 is 0. The van der Waals surface area contributed by atoms with Gasteiger partial charge in [0.15, 0.2) is 0 Å². The van der Waals surface area contributed by atoms with Crippen molar-refractivity contribution in [1.29, 1.82) is 0 Å². The van der Waals surface area contributed by atoms with Crippen LogP contribution >= 0.6 is 0 Å². The number of hydrogen-bond donors (Lipinski definition) is 0. The van der Waals surface area contributed by atoms with Gasteiger partial charge in [0.25, 0.3) is 0 Å². The second kappa shape index (κ2) is 4.04. The SMILES string of the molecule is [CH2]Cc1cccc(OC(F)F)c1. The first kappa shape index (κ1) is 8.97. The van der Waals surface area contributed by atoms with Crippen LogP contribution in [-0.2, 0) is 6.42 Å². The van der Waals surface area contributed by atoms with E-state index in [-0.39, 0.29) is 5.75 Å². The highest BCUT2D eigenvalue weighted by atomic mass is 19.3. The molecule has 0 spiro atoms. The Labute approximate surface area is 70.0 Å². The highest BCUT2D eigenvalue weighted by Gasteiger charge is 2.03. The number of hydrogen-bond acceptors (Lipinski definition) is 1. The van der Waals surface area contributed by atoms with E-state index in [0.29, 0.717) is 6.42 Å². The van der Waals surface area contributed by atoms with Gasteiger partial charge in [-0.1, -0.05) is 12.1 Å². The third kappa shape index (κ3) is 2.49. The zero-order valence-electron chi connectivity index (χ0n) is 6.47. The molecule has 0 aliphatic rings. The average molecular weight is 171 g/mol. The molecule has 0 unspecified atom stereocenters. The normalized spacial score (nSPS) is 10.3. The summed E-state index contributed by atoms with van der Waals surface area (Å²) in [5, 5.41) is 0. The molecule has 1 radical (unpaired) electrons. The van der Waals surface area contributed by atoms with E-state index in [2.05, 4.69) is 11.7 Å². The van der Waals surface area contributed by atoms with Gasteiger partial charge >= 0.3 is 6.61 Å². The maximum Gasteiger partial charge on any atom is 0.387 e. The summed E-state index contributed by atoms with van der Waals surface area (Å²) in [6.07, 6.45) is 0.570. The van der Waals surface area contributed by atoms with E-state index in [1.54, 1.807) is 12.1 Å². The van der Waals surface area contributed by atoms with Crippen LogP contribution in [0.3, 0.4) is 0 Å². The van der Waals surface area contributed by atoms with Crippen LogP contribution < -0.4 is 4.74 Å². The molecular weight excluding hydrogens is 162 g/mol. The maximum atomic E-state index is 11.7. The largest absolute Gasteiger partial charge is 0.435 e. The first-order chi connectivity index (χ1) is 5.72. The molecule has 0 amide bonds. The van der Waals surface area contributed by atoms with Gasteiger partial charge in [0, 0.05) is 0 Å². The summed E-state index contributed by atoms with van der Waals surface area (Å²) in [5.74, 6) is 0.186. The Bertz CT molecular complexity index is 248. The van der Waals surface area contributed by atoms with Crippen molar-refractivity contribution in [2.75, 3.05) is 0 Å². The zero-order chi connectivity index (χ0) is 8.97. The van der Waals surface area contributed by atoms with E-state index >= 15 is 0 Å². The van der Waals surface area contributed by atoms with Gasteiger partial charge in [-0.2, -0.15) is 8.78 Å². The van der Waals surface area contributed by atoms with Gasteiger partial charge < -0.3 is 4.74 Å². The average Bonchev–Trinajstić information content (AvgIpc) is 2.03. The maximum absolute atomic E-state index is 11.7. The first-order valence-corrected chi connectivity index (χ1v) is 3.55. The lowest BCUT2D eigenvalue weighted by atomic mass is 10.2. The quantitative estimate of drug-likeness (QED) is 0.679. The van der Waals surface area contributed by atoms with E-state index in [1.165, 1.54) is 6.07 Å². The lowest BCUT2D eigenvalue weighted by Crippen LogP contribution is -2.01. The van der Waals surface area contributed by atoms with E-state index in [0.717, 1.165) is 5.56 Å². The van der Waals surface area contributed by atoms with E-state index in [9.17, 15) is 8.78 Å². The van der Waals surface area contributed by atoms with Crippen LogP contribution in [0.1, 0.15) is 5.56 Å². The summed E-state index contributed by atoms with van der Waals surface area (Å²) in [6, 6.07) is 6.52. The van der Waals surface area contributed by atoms with Crippen LogP contribution in [0.4, 0.5) is 8.78 Å². The minimum absolute atomic E-state index is 0.186. The highest BCUT2D eigenvalue weighted by Crippen LogP contribution is 2.15. The minimum Gasteiger partial charge on any atom is -0.435 e. The molecule has 3 heteroatoms. The van der Waals surface area contributed by atoms with Crippen LogP contribution in [-0.4, -0.2) is 6.61 Å². The summed E-state index contributed by atoms with van der Waals surface area (Å²) in [6.45, 7) is 0.874. The highest BCUT2D eigenvalue weighted by molar-refractivity contribution is 5.28. The summed E-state index contributed by atoms with van der Waals surface area (Å²) in [4.78, 5) is 0. The van der Waals surface area contributed by atoms with Crippen molar-refractivity contribution in [2.45, 2.75) is 13.0 Å².